The van der Waals surface area contributed by atoms with Crippen molar-refractivity contribution in [3.63, 3.8) is 0 Å². The van der Waals surface area contributed by atoms with Gasteiger partial charge < -0.3 is 14.4 Å². The molecule has 0 N–H and O–H groups in total. The van der Waals surface area contributed by atoms with Crippen LogP contribution in [-0.2, 0) is 11.3 Å². The van der Waals surface area contributed by atoms with Gasteiger partial charge in [-0.15, -0.1) is 0 Å². The van der Waals surface area contributed by atoms with E-state index in [9.17, 15) is 4.79 Å². The number of ether oxygens (including phenoxy) is 2. The van der Waals surface area contributed by atoms with Crippen molar-refractivity contribution in [2.24, 2.45) is 5.10 Å². The first-order valence-corrected chi connectivity index (χ1v) is 10.9. The summed E-state index contributed by atoms with van der Waals surface area (Å²) in [5.41, 5.74) is 2.86. The average molecular weight is 455 g/mol. The number of carbonyl (C=O) groups is 1. The van der Waals surface area contributed by atoms with Gasteiger partial charge in [0.15, 0.2) is 16.6 Å². The minimum atomic E-state index is -0.290. The van der Waals surface area contributed by atoms with Crippen molar-refractivity contribution >= 4 is 40.2 Å². The molecule has 158 valence electrons. The van der Waals surface area contributed by atoms with Crippen LogP contribution in [0.1, 0.15) is 28.5 Å². The third-order valence-corrected chi connectivity index (χ3v) is 6.92. The Kier molecular flexibility index (Phi) is 5.25. The number of hydrogen-bond donors (Lipinski definition) is 0. The number of fused-ring (bicyclic) bond motifs is 1. The molecule has 1 amide bonds. The fourth-order valence-corrected chi connectivity index (χ4v) is 5.07. The molecule has 0 radical (unpaired) electrons. The number of halogens is 1. The van der Waals surface area contributed by atoms with Gasteiger partial charge in [0.1, 0.15) is 5.15 Å². The average Bonchev–Trinajstić information content (AvgIpc) is 3.51. The molecule has 3 aromatic rings. The molecule has 0 bridgehead atoms. The Bertz CT molecular complexity index is 1150. The maximum atomic E-state index is 11.8. The minimum Gasteiger partial charge on any atom is -0.454 e. The standard InChI is InChI=1S/C22H19ClN4O3S/c1-26(11-14-5-3-2-4-6-14)22-24-21(23)20(31-22)17-10-16(25-27(17)12-28)15-7-8-18-19(9-15)30-13-29-18/h2-9,12,17H,10-11,13H2,1H3. The molecule has 2 aliphatic heterocycles. The summed E-state index contributed by atoms with van der Waals surface area (Å²) in [4.78, 5) is 19.2. The van der Waals surface area contributed by atoms with Crippen LogP contribution in [0.4, 0.5) is 5.13 Å². The zero-order chi connectivity index (χ0) is 21.4. The van der Waals surface area contributed by atoms with Crippen molar-refractivity contribution in [1.29, 1.82) is 0 Å². The lowest BCUT2D eigenvalue weighted by Gasteiger charge is -2.16. The zero-order valence-electron chi connectivity index (χ0n) is 16.7. The van der Waals surface area contributed by atoms with E-state index in [1.165, 1.54) is 21.9 Å². The van der Waals surface area contributed by atoms with Gasteiger partial charge in [-0.2, -0.15) is 5.10 Å². The number of hydrogen-bond acceptors (Lipinski definition) is 7. The van der Waals surface area contributed by atoms with E-state index >= 15 is 0 Å². The largest absolute Gasteiger partial charge is 0.454 e. The summed E-state index contributed by atoms with van der Waals surface area (Å²) in [6, 6.07) is 15.5. The first kappa shape index (κ1) is 19.8. The summed E-state index contributed by atoms with van der Waals surface area (Å²) < 4.78 is 10.8. The molecule has 5 rings (SSSR count). The SMILES string of the molecule is CN(Cc1ccccc1)c1nc(Cl)c(C2CC(c3ccc4c(c3)OCO4)=NN2C=O)s1. The molecule has 0 aliphatic carbocycles. The Morgan fingerprint density at radius 1 is 1.23 bits per heavy atom. The third-order valence-electron chi connectivity index (χ3n) is 5.25. The van der Waals surface area contributed by atoms with Gasteiger partial charge in [0.25, 0.3) is 0 Å². The van der Waals surface area contributed by atoms with Crippen molar-refractivity contribution in [2.75, 3.05) is 18.7 Å². The minimum absolute atomic E-state index is 0.212. The number of nitrogens with zero attached hydrogens (tertiary/aromatic N) is 4. The van der Waals surface area contributed by atoms with Crippen LogP contribution in [-0.4, -0.2) is 36.0 Å². The maximum Gasteiger partial charge on any atom is 0.231 e. The van der Waals surface area contributed by atoms with Crippen LogP contribution < -0.4 is 14.4 Å². The van der Waals surface area contributed by atoms with Crippen LogP contribution >= 0.6 is 22.9 Å². The van der Waals surface area contributed by atoms with Gasteiger partial charge in [-0.1, -0.05) is 53.3 Å². The lowest BCUT2D eigenvalue weighted by atomic mass is 10.0. The van der Waals surface area contributed by atoms with Gasteiger partial charge in [-0.05, 0) is 23.8 Å². The van der Waals surface area contributed by atoms with Crippen molar-refractivity contribution in [3.05, 3.63) is 69.7 Å². The van der Waals surface area contributed by atoms with Crippen LogP contribution in [0.3, 0.4) is 0 Å². The van der Waals surface area contributed by atoms with E-state index in [1.54, 1.807) is 0 Å². The second-order valence-corrected chi connectivity index (χ2v) is 8.68. The van der Waals surface area contributed by atoms with E-state index in [4.69, 9.17) is 21.1 Å². The fourth-order valence-electron chi connectivity index (χ4n) is 3.68. The van der Waals surface area contributed by atoms with E-state index in [2.05, 4.69) is 27.1 Å². The maximum absolute atomic E-state index is 11.8. The molecule has 0 spiro atoms. The molecule has 2 aromatic carbocycles. The predicted molar refractivity (Wildman–Crippen MR) is 120 cm³/mol. The van der Waals surface area contributed by atoms with E-state index in [0.29, 0.717) is 29.6 Å². The summed E-state index contributed by atoms with van der Waals surface area (Å²) >= 11 is 7.99. The molecule has 3 heterocycles. The summed E-state index contributed by atoms with van der Waals surface area (Å²) in [6.45, 7) is 0.926. The number of aromatic nitrogens is 1. The van der Waals surface area contributed by atoms with Gasteiger partial charge in [-0.3, -0.25) is 4.79 Å². The normalized spacial score (nSPS) is 17.0. The van der Waals surface area contributed by atoms with Crippen molar-refractivity contribution in [3.8, 4) is 11.5 Å². The van der Waals surface area contributed by atoms with Crippen LogP contribution in [0, 0.1) is 0 Å². The summed E-state index contributed by atoms with van der Waals surface area (Å²) in [6.07, 6.45) is 1.27. The van der Waals surface area contributed by atoms with Crippen molar-refractivity contribution < 1.29 is 14.3 Å². The zero-order valence-corrected chi connectivity index (χ0v) is 18.3. The number of carbonyl (C=O) groups excluding carboxylic acids is 1. The van der Waals surface area contributed by atoms with E-state index in [-0.39, 0.29) is 12.8 Å². The second kappa shape index (κ2) is 8.20. The van der Waals surface area contributed by atoms with E-state index in [1.807, 2.05) is 43.4 Å². The van der Waals surface area contributed by atoms with Gasteiger partial charge in [0, 0.05) is 25.6 Å². The summed E-state index contributed by atoms with van der Waals surface area (Å²) in [7, 11) is 1.98. The monoisotopic (exact) mass is 454 g/mol. The highest BCUT2D eigenvalue weighted by molar-refractivity contribution is 7.16. The lowest BCUT2D eigenvalue weighted by molar-refractivity contribution is -0.119. The fraction of sp³-hybridized carbons (Fsp3) is 0.227. The van der Waals surface area contributed by atoms with Crippen molar-refractivity contribution in [1.82, 2.24) is 9.99 Å². The molecule has 7 nitrogen and oxygen atoms in total. The van der Waals surface area contributed by atoms with Gasteiger partial charge in [0.05, 0.1) is 16.6 Å². The summed E-state index contributed by atoms with van der Waals surface area (Å²) in [5, 5.41) is 7.13. The van der Waals surface area contributed by atoms with Crippen LogP contribution in [0.5, 0.6) is 11.5 Å². The lowest BCUT2D eigenvalue weighted by Crippen LogP contribution is -2.16. The first-order valence-electron chi connectivity index (χ1n) is 9.75. The number of benzene rings is 2. The van der Waals surface area contributed by atoms with Crippen molar-refractivity contribution in [2.45, 2.75) is 19.0 Å². The highest BCUT2D eigenvalue weighted by Crippen LogP contribution is 2.42. The molecule has 31 heavy (non-hydrogen) atoms. The molecular weight excluding hydrogens is 436 g/mol. The van der Waals surface area contributed by atoms with Gasteiger partial charge in [-0.25, -0.2) is 9.99 Å². The molecule has 9 heteroatoms. The molecule has 2 aliphatic rings. The Hall–Kier alpha value is -3.10. The molecule has 1 atom stereocenters. The predicted octanol–water partition coefficient (Wildman–Crippen LogP) is 4.47. The number of thiazole rings is 1. The molecule has 0 saturated carbocycles. The number of anilines is 1. The quantitative estimate of drug-likeness (QED) is 0.514. The molecule has 1 aromatic heterocycles. The molecule has 0 fully saturated rings. The number of amides is 1. The second-order valence-electron chi connectivity index (χ2n) is 7.31. The number of rotatable bonds is 6. The van der Waals surface area contributed by atoms with Crippen LogP contribution in [0.25, 0.3) is 0 Å². The van der Waals surface area contributed by atoms with E-state index < -0.39 is 0 Å². The highest BCUT2D eigenvalue weighted by Gasteiger charge is 2.33. The molecular formula is C22H19ClN4O3S. The van der Waals surface area contributed by atoms with Gasteiger partial charge >= 0.3 is 0 Å². The first-order chi connectivity index (χ1) is 15.1. The Morgan fingerprint density at radius 3 is 2.84 bits per heavy atom. The van der Waals surface area contributed by atoms with E-state index in [0.717, 1.165) is 27.7 Å². The Morgan fingerprint density at radius 2 is 2.03 bits per heavy atom. The topological polar surface area (TPSA) is 67.3 Å². The Balaban J connectivity index is 1.37. The smallest absolute Gasteiger partial charge is 0.231 e. The number of hydrazone groups is 1. The molecule has 1 unspecified atom stereocenters. The van der Waals surface area contributed by atoms with Gasteiger partial charge in [0.2, 0.25) is 13.2 Å². The third kappa shape index (κ3) is 3.84. The van der Waals surface area contributed by atoms with Crippen LogP contribution in [0.2, 0.25) is 5.15 Å². The Labute approximate surface area is 188 Å². The highest BCUT2D eigenvalue weighted by atomic mass is 35.5. The van der Waals surface area contributed by atoms with Crippen LogP contribution in [0.15, 0.2) is 53.6 Å². The molecule has 0 saturated heterocycles. The summed E-state index contributed by atoms with van der Waals surface area (Å²) in [5.74, 6) is 1.39.